The zero-order valence-electron chi connectivity index (χ0n) is 12.3. The van der Waals surface area contributed by atoms with Crippen molar-refractivity contribution in [2.24, 2.45) is 21.9 Å². The normalized spacial score (nSPS) is 32.5. The molecule has 0 aromatic heterocycles. The van der Waals surface area contributed by atoms with Gasteiger partial charge in [0.1, 0.15) is 0 Å². The maximum atomic E-state index is 12.0. The Bertz CT molecular complexity index is 555. The highest BCUT2D eigenvalue weighted by Crippen LogP contribution is 2.60. The molecular weight excluding hydrogens is 250 g/mol. The van der Waals surface area contributed by atoms with E-state index in [1.54, 1.807) is 12.1 Å². The van der Waals surface area contributed by atoms with Gasteiger partial charge in [0.25, 0.3) is 0 Å². The van der Waals surface area contributed by atoms with E-state index in [0.717, 1.165) is 12.1 Å². The Morgan fingerprint density at radius 2 is 1.95 bits per heavy atom. The minimum absolute atomic E-state index is 0.0456. The molecule has 2 aliphatic carbocycles. The Morgan fingerprint density at radius 1 is 1.25 bits per heavy atom. The summed E-state index contributed by atoms with van der Waals surface area (Å²) in [6.45, 7) is 6.69. The molecule has 2 atom stereocenters. The van der Waals surface area contributed by atoms with Crippen molar-refractivity contribution in [2.75, 3.05) is 0 Å². The first-order valence-corrected chi connectivity index (χ1v) is 7.29. The molecular formula is C17H21NO2. The van der Waals surface area contributed by atoms with Crippen LogP contribution in [0.5, 0.6) is 0 Å². The molecule has 1 aromatic carbocycles. The fourth-order valence-electron chi connectivity index (χ4n) is 3.98. The predicted octanol–water partition coefficient (Wildman–Crippen LogP) is 4.05. The van der Waals surface area contributed by atoms with Crippen molar-refractivity contribution in [1.29, 1.82) is 0 Å². The average molecular weight is 271 g/mol. The van der Waals surface area contributed by atoms with Crippen molar-refractivity contribution >= 4 is 11.7 Å². The molecule has 0 spiro atoms. The largest absolute Gasteiger partial charge is 0.365 e. The molecule has 0 saturated heterocycles. The number of hydrogen-bond donors (Lipinski definition) is 0. The van der Waals surface area contributed by atoms with Crippen LogP contribution in [0.2, 0.25) is 0 Å². The number of benzene rings is 1. The van der Waals surface area contributed by atoms with E-state index in [2.05, 4.69) is 25.9 Å². The SMILES string of the molecule is CC12CCC(C1)C(C)(C)C2=NOC(=O)c1ccccc1. The molecule has 2 saturated carbocycles. The molecule has 1 aromatic rings. The van der Waals surface area contributed by atoms with Crippen LogP contribution in [0, 0.1) is 16.7 Å². The standard InChI is InChI=1S/C17H21NO2/c1-16(2)13-9-10-17(3,11-13)15(16)18-20-14(19)12-7-5-4-6-8-12/h4-8,13H,9-11H2,1-3H3. The van der Waals surface area contributed by atoms with Crippen LogP contribution in [0.4, 0.5) is 0 Å². The monoisotopic (exact) mass is 271 g/mol. The van der Waals surface area contributed by atoms with Crippen LogP contribution in [0.3, 0.4) is 0 Å². The third-order valence-electron chi connectivity index (χ3n) is 5.17. The Kier molecular flexibility index (Phi) is 2.96. The van der Waals surface area contributed by atoms with Crippen molar-refractivity contribution in [3.63, 3.8) is 0 Å². The molecule has 2 bridgehead atoms. The summed E-state index contributed by atoms with van der Waals surface area (Å²) < 4.78 is 0. The van der Waals surface area contributed by atoms with Crippen LogP contribution in [0.25, 0.3) is 0 Å². The summed E-state index contributed by atoms with van der Waals surface area (Å²) in [7, 11) is 0. The second-order valence-electron chi connectivity index (χ2n) is 6.91. The van der Waals surface area contributed by atoms with Crippen molar-refractivity contribution < 1.29 is 9.63 Å². The van der Waals surface area contributed by atoms with Crippen LogP contribution in [-0.2, 0) is 4.84 Å². The number of nitrogens with zero attached hydrogens (tertiary/aromatic N) is 1. The Labute approximate surface area is 120 Å². The lowest BCUT2D eigenvalue weighted by molar-refractivity contribution is 0.0506. The third kappa shape index (κ3) is 1.96. The number of oxime groups is 1. The van der Waals surface area contributed by atoms with E-state index < -0.39 is 0 Å². The van der Waals surface area contributed by atoms with E-state index in [4.69, 9.17) is 4.84 Å². The van der Waals surface area contributed by atoms with Gasteiger partial charge in [0, 0.05) is 10.8 Å². The molecule has 0 amide bonds. The Hall–Kier alpha value is -1.64. The summed E-state index contributed by atoms with van der Waals surface area (Å²) in [6.07, 6.45) is 3.58. The van der Waals surface area contributed by atoms with Crippen molar-refractivity contribution in [3.05, 3.63) is 35.9 Å². The summed E-state index contributed by atoms with van der Waals surface area (Å²) >= 11 is 0. The summed E-state index contributed by atoms with van der Waals surface area (Å²) in [5.41, 5.74) is 1.77. The van der Waals surface area contributed by atoms with Crippen LogP contribution in [-0.4, -0.2) is 11.7 Å². The Morgan fingerprint density at radius 3 is 2.55 bits per heavy atom. The van der Waals surface area contributed by atoms with Gasteiger partial charge < -0.3 is 4.84 Å². The fourth-order valence-corrected chi connectivity index (χ4v) is 3.98. The Balaban J connectivity index is 1.81. The van der Waals surface area contributed by atoms with Crippen molar-refractivity contribution in [1.82, 2.24) is 0 Å². The van der Waals surface area contributed by atoms with Gasteiger partial charge in [-0.3, -0.25) is 0 Å². The molecule has 0 radical (unpaired) electrons. The van der Waals surface area contributed by atoms with Gasteiger partial charge in [0.15, 0.2) is 0 Å². The van der Waals surface area contributed by atoms with Crippen LogP contribution >= 0.6 is 0 Å². The fraction of sp³-hybridized carbons (Fsp3) is 0.529. The molecule has 106 valence electrons. The highest BCUT2D eigenvalue weighted by Gasteiger charge is 2.57. The molecule has 2 fully saturated rings. The molecule has 0 N–H and O–H groups in total. The summed E-state index contributed by atoms with van der Waals surface area (Å²) in [5, 5.41) is 4.27. The molecule has 3 nitrogen and oxygen atoms in total. The van der Waals surface area contributed by atoms with Gasteiger partial charge in [-0.25, -0.2) is 4.79 Å². The van der Waals surface area contributed by atoms with Gasteiger partial charge in [-0.15, -0.1) is 0 Å². The number of fused-ring (bicyclic) bond motifs is 2. The first-order chi connectivity index (χ1) is 9.43. The second-order valence-corrected chi connectivity index (χ2v) is 6.91. The maximum absolute atomic E-state index is 12.0. The lowest BCUT2D eigenvalue weighted by atomic mass is 9.71. The molecule has 0 heterocycles. The predicted molar refractivity (Wildman–Crippen MR) is 78.5 cm³/mol. The van der Waals surface area contributed by atoms with E-state index >= 15 is 0 Å². The lowest BCUT2D eigenvalue weighted by Crippen LogP contribution is -2.36. The summed E-state index contributed by atoms with van der Waals surface area (Å²) in [6, 6.07) is 9.02. The van der Waals surface area contributed by atoms with Crippen LogP contribution in [0.1, 0.15) is 50.4 Å². The van der Waals surface area contributed by atoms with E-state index in [1.807, 2.05) is 18.2 Å². The topological polar surface area (TPSA) is 38.7 Å². The number of carbonyl (C=O) groups excluding carboxylic acids is 1. The highest BCUT2D eigenvalue weighted by molar-refractivity contribution is 5.98. The summed E-state index contributed by atoms with van der Waals surface area (Å²) in [4.78, 5) is 17.2. The molecule has 20 heavy (non-hydrogen) atoms. The zero-order valence-corrected chi connectivity index (χ0v) is 12.3. The lowest BCUT2D eigenvalue weighted by Gasteiger charge is -2.34. The van der Waals surface area contributed by atoms with Gasteiger partial charge in [-0.2, -0.15) is 0 Å². The van der Waals surface area contributed by atoms with E-state index in [-0.39, 0.29) is 16.8 Å². The zero-order chi connectivity index (χ0) is 14.4. The molecule has 0 aliphatic heterocycles. The van der Waals surface area contributed by atoms with Gasteiger partial charge in [0.2, 0.25) is 0 Å². The summed E-state index contributed by atoms with van der Waals surface area (Å²) in [5.74, 6) is 0.293. The third-order valence-corrected chi connectivity index (χ3v) is 5.17. The number of rotatable bonds is 2. The van der Waals surface area contributed by atoms with Crippen molar-refractivity contribution in [2.45, 2.75) is 40.0 Å². The van der Waals surface area contributed by atoms with E-state index in [1.165, 1.54) is 12.8 Å². The molecule has 3 heteroatoms. The number of carbonyl (C=O) groups is 1. The first kappa shape index (κ1) is 13.3. The number of hydrogen-bond acceptors (Lipinski definition) is 3. The van der Waals surface area contributed by atoms with Crippen molar-refractivity contribution in [3.8, 4) is 0 Å². The maximum Gasteiger partial charge on any atom is 0.365 e. The quantitative estimate of drug-likeness (QED) is 0.601. The smallest absolute Gasteiger partial charge is 0.313 e. The van der Waals surface area contributed by atoms with Gasteiger partial charge >= 0.3 is 5.97 Å². The molecule has 3 rings (SSSR count). The molecule has 2 unspecified atom stereocenters. The van der Waals surface area contributed by atoms with Crippen LogP contribution in [0.15, 0.2) is 35.5 Å². The second kappa shape index (κ2) is 4.44. The minimum atomic E-state index is -0.375. The van der Waals surface area contributed by atoms with Gasteiger partial charge in [-0.05, 0) is 37.3 Å². The molecule has 2 aliphatic rings. The highest BCUT2D eigenvalue weighted by atomic mass is 16.7. The first-order valence-electron chi connectivity index (χ1n) is 7.29. The minimum Gasteiger partial charge on any atom is -0.313 e. The van der Waals surface area contributed by atoms with E-state index in [0.29, 0.717) is 11.5 Å². The van der Waals surface area contributed by atoms with E-state index in [9.17, 15) is 4.79 Å². The van der Waals surface area contributed by atoms with Gasteiger partial charge in [0.05, 0.1) is 11.3 Å². The van der Waals surface area contributed by atoms with Gasteiger partial charge in [-0.1, -0.05) is 44.1 Å². The van der Waals surface area contributed by atoms with Crippen LogP contribution < -0.4 is 0 Å². The average Bonchev–Trinajstić information content (AvgIpc) is 2.90.